The summed E-state index contributed by atoms with van der Waals surface area (Å²) in [6.07, 6.45) is 0.890. The summed E-state index contributed by atoms with van der Waals surface area (Å²) in [6.45, 7) is 6.12. The van der Waals surface area contributed by atoms with Crippen molar-refractivity contribution in [1.82, 2.24) is 24.8 Å². The maximum atomic E-state index is 11.1. The molecule has 9 heteroatoms. The van der Waals surface area contributed by atoms with Crippen molar-refractivity contribution in [1.29, 1.82) is 0 Å². The Bertz CT molecular complexity index is 995. The number of carbonyl (C=O) groups is 1. The van der Waals surface area contributed by atoms with Gasteiger partial charge in [-0.15, -0.1) is 0 Å². The molecule has 2 aromatic heterocycles. The highest BCUT2D eigenvalue weighted by Gasteiger charge is 2.16. The second kappa shape index (κ2) is 8.46. The third-order valence-corrected chi connectivity index (χ3v) is 5.07. The van der Waals surface area contributed by atoms with Crippen LogP contribution in [-0.4, -0.2) is 77.2 Å². The number of primary amides is 1. The van der Waals surface area contributed by atoms with Crippen molar-refractivity contribution in [2.75, 3.05) is 51.6 Å². The zero-order valence-corrected chi connectivity index (χ0v) is 16.4. The first kappa shape index (κ1) is 19.2. The van der Waals surface area contributed by atoms with Crippen LogP contribution in [0.3, 0.4) is 0 Å². The Morgan fingerprint density at radius 1 is 1.24 bits per heavy atom. The minimum Gasteiger partial charge on any atom is -0.408 e. The summed E-state index contributed by atoms with van der Waals surface area (Å²) >= 11 is 0. The third kappa shape index (κ3) is 4.47. The minimum atomic E-state index is -0.866. The predicted octanol–water partition coefficient (Wildman–Crippen LogP) is 1.74. The molecule has 1 saturated heterocycles. The van der Waals surface area contributed by atoms with Gasteiger partial charge in [0.15, 0.2) is 5.75 Å². The molecule has 1 aliphatic rings. The number of benzene rings is 1. The van der Waals surface area contributed by atoms with Gasteiger partial charge in [0, 0.05) is 45.5 Å². The molecule has 1 amide bonds. The van der Waals surface area contributed by atoms with Gasteiger partial charge in [0.2, 0.25) is 0 Å². The number of nitrogens with two attached hydrogens (primary N) is 1. The zero-order valence-electron chi connectivity index (χ0n) is 16.4. The third-order valence-electron chi connectivity index (χ3n) is 5.07. The van der Waals surface area contributed by atoms with E-state index in [9.17, 15) is 4.79 Å². The molecule has 0 radical (unpaired) electrons. The molecule has 3 heterocycles. The molecule has 1 aliphatic heterocycles. The Kier molecular flexibility index (Phi) is 5.59. The number of nitrogens with one attached hydrogen (secondary N) is 2. The van der Waals surface area contributed by atoms with Crippen molar-refractivity contribution in [3.63, 3.8) is 0 Å². The van der Waals surface area contributed by atoms with Crippen LogP contribution >= 0.6 is 0 Å². The lowest BCUT2D eigenvalue weighted by Crippen LogP contribution is -2.45. The van der Waals surface area contributed by atoms with E-state index in [0.29, 0.717) is 17.1 Å². The van der Waals surface area contributed by atoms with Crippen LogP contribution in [-0.2, 0) is 0 Å². The van der Waals surface area contributed by atoms with Gasteiger partial charge in [0.25, 0.3) is 0 Å². The van der Waals surface area contributed by atoms with Crippen LogP contribution in [0.15, 0.2) is 36.5 Å². The van der Waals surface area contributed by atoms with Crippen molar-refractivity contribution < 1.29 is 9.53 Å². The van der Waals surface area contributed by atoms with Crippen LogP contribution in [0.5, 0.6) is 5.75 Å². The van der Waals surface area contributed by atoms with Crippen LogP contribution in [0.25, 0.3) is 22.4 Å². The molecule has 0 bridgehead atoms. The summed E-state index contributed by atoms with van der Waals surface area (Å²) < 4.78 is 5.06. The van der Waals surface area contributed by atoms with E-state index < -0.39 is 6.09 Å². The second-order valence-electron chi connectivity index (χ2n) is 7.13. The Morgan fingerprint density at radius 2 is 2.07 bits per heavy atom. The van der Waals surface area contributed by atoms with E-state index in [1.807, 2.05) is 18.2 Å². The number of fused-ring (bicyclic) bond motifs is 1. The number of nitrogens with zero attached hydrogens (tertiary/aromatic N) is 4. The average Bonchev–Trinajstić information content (AvgIpc) is 3.15. The van der Waals surface area contributed by atoms with E-state index in [0.717, 1.165) is 56.2 Å². The van der Waals surface area contributed by atoms with Crippen LogP contribution < -0.4 is 15.8 Å². The summed E-state index contributed by atoms with van der Waals surface area (Å²) in [7, 11) is 2.16. The molecule has 3 aromatic rings. The molecule has 0 atom stereocenters. The van der Waals surface area contributed by atoms with Gasteiger partial charge in [0.1, 0.15) is 17.2 Å². The average molecular weight is 395 g/mol. The lowest BCUT2D eigenvalue weighted by Gasteiger charge is -2.32. The highest BCUT2D eigenvalue weighted by molar-refractivity contribution is 5.88. The molecule has 0 unspecified atom stereocenters. The van der Waals surface area contributed by atoms with Gasteiger partial charge in [-0.25, -0.2) is 14.8 Å². The summed E-state index contributed by atoms with van der Waals surface area (Å²) in [4.78, 5) is 28.3. The van der Waals surface area contributed by atoms with Gasteiger partial charge >= 0.3 is 6.09 Å². The summed E-state index contributed by atoms with van der Waals surface area (Å²) in [6, 6.07) is 9.14. The highest BCUT2D eigenvalue weighted by atomic mass is 16.5. The Morgan fingerprint density at radius 3 is 2.86 bits per heavy atom. The van der Waals surface area contributed by atoms with Crippen molar-refractivity contribution in [3.05, 3.63) is 36.5 Å². The number of hydrogen-bond donors (Lipinski definition) is 3. The van der Waals surface area contributed by atoms with E-state index in [1.165, 1.54) is 0 Å². The maximum Gasteiger partial charge on any atom is 0.410 e. The van der Waals surface area contributed by atoms with Crippen molar-refractivity contribution in [2.45, 2.75) is 0 Å². The maximum absolute atomic E-state index is 11.1. The first-order chi connectivity index (χ1) is 14.1. The molecule has 9 nitrogen and oxygen atoms in total. The molecule has 0 spiro atoms. The number of likely N-dealkylation sites (N-methyl/N-ethyl adjacent to an activating group) is 1. The quantitative estimate of drug-likeness (QED) is 0.583. The Hall–Kier alpha value is -3.17. The van der Waals surface area contributed by atoms with Crippen LogP contribution in [0.2, 0.25) is 0 Å². The lowest BCUT2D eigenvalue weighted by molar-refractivity contribution is 0.158. The molecule has 29 heavy (non-hydrogen) atoms. The molecule has 1 aromatic carbocycles. The Labute approximate surface area is 168 Å². The molecular formula is C20H25N7O2. The fourth-order valence-corrected chi connectivity index (χ4v) is 3.47. The summed E-state index contributed by atoms with van der Waals surface area (Å²) in [5, 5.41) is 3.43. The molecular weight excluding hydrogens is 370 g/mol. The van der Waals surface area contributed by atoms with E-state index in [2.05, 4.69) is 37.1 Å². The van der Waals surface area contributed by atoms with Crippen molar-refractivity contribution in [3.8, 4) is 17.1 Å². The number of ether oxygens (including phenoxy) is 1. The number of carbonyl (C=O) groups excluding carboxylic acids is 1. The number of imidazole rings is 1. The number of para-hydroxylation sites is 1. The van der Waals surface area contributed by atoms with Gasteiger partial charge in [-0.3, -0.25) is 4.90 Å². The van der Waals surface area contributed by atoms with Gasteiger partial charge < -0.3 is 25.7 Å². The van der Waals surface area contributed by atoms with Crippen LogP contribution in [0.1, 0.15) is 0 Å². The largest absolute Gasteiger partial charge is 0.410 e. The standard InChI is InChI=1S/C20H25N7O2/c1-26-10-12-27(13-11-26)9-8-23-18-14(4-3-7-22-18)19-24-15-5-2-6-16(17(15)25-19)29-20(21)28/h2-7H,8-13H2,1H3,(H2,21,28)(H,22,23)(H,24,25). The van der Waals surface area contributed by atoms with Gasteiger partial charge in [-0.2, -0.15) is 0 Å². The van der Waals surface area contributed by atoms with Gasteiger partial charge in [-0.1, -0.05) is 6.07 Å². The molecule has 0 saturated carbocycles. The Balaban J connectivity index is 1.51. The summed E-state index contributed by atoms with van der Waals surface area (Å²) in [5.74, 6) is 1.74. The number of piperazine rings is 1. The number of aromatic nitrogens is 3. The van der Waals surface area contributed by atoms with E-state index in [4.69, 9.17) is 10.5 Å². The number of amides is 1. The molecule has 4 rings (SSSR count). The first-order valence-corrected chi connectivity index (χ1v) is 9.66. The number of hydrogen-bond acceptors (Lipinski definition) is 7. The number of pyridine rings is 1. The number of aromatic amines is 1. The fraction of sp³-hybridized carbons (Fsp3) is 0.350. The van der Waals surface area contributed by atoms with Crippen molar-refractivity contribution >= 4 is 22.9 Å². The topological polar surface area (TPSA) is 112 Å². The summed E-state index contributed by atoms with van der Waals surface area (Å²) in [5.41, 5.74) is 7.31. The normalized spacial score (nSPS) is 15.5. The number of anilines is 1. The van der Waals surface area contributed by atoms with Gasteiger partial charge in [-0.05, 0) is 31.3 Å². The minimum absolute atomic E-state index is 0.325. The van der Waals surface area contributed by atoms with E-state index in [1.54, 1.807) is 18.3 Å². The molecule has 4 N–H and O–H groups in total. The number of H-pyrrole nitrogens is 1. The van der Waals surface area contributed by atoms with Crippen molar-refractivity contribution in [2.24, 2.45) is 5.73 Å². The van der Waals surface area contributed by atoms with Crippen LogP contribution in [0.4, 0.5) is 10.6 Å². The smallest absolute Gasteiger partial charge is 0.408 e. The first-order valence-electron chi connectivity index (χ1n) is 9.66. The molecule has 152 valence electrons. The highest BCUT2D eigenvalue weighted by Crippen LogP contribution is 2.29. The van der Waals surface area contributed by atoms with Gasteiger partial charge in [0.05, 0.1) is 11.1 Å². The lowest BCUT2D eigenvalue weighted by atomic mass is 10.2. The fourth-order valence-electron chi connectivity index (χ4n) is 3.47. The monoisotopic (exact) mass is 395 g/mol. The van der Waals surface area contributed by atoms with E-state index in [-0.39, 0.29) is 0 Å². The van der Waals surface area contributed by atoms with Crippen LogP contribution in [0, 0.1) is 0 Å². The van der Waals surface area contributed by atoms with E-state index >= 15 is 0 Å². The zero-order chi connectivity index (χ0) is 20.2. The second-order valence-corrected chi connectivity index (χ2v) is 7.13. The predicted molar refractivity (Wildman–Crippen MR) is 112 cm³/mol. The SMILES string of the molecule is CN1CCN(CCNc2ncccc2-c2nc3c(OC(N)=O)cccc3[nH]2)CC1. The molecule has 0 aliphatic carbocycles. The number of rotatable bonds is 6. The molecule has 1 fully saturated rings.